The van der Waals surface area contributed by atoms with Gasteiger partial charge in [-0.1, -0.05) is 20.8 Å². The van der Waals surface area contributed by atoms with Crippen LogP contribution >= 0.6 is 24.0 Å². The minimum Gasteiger partial charge on any atom is -0.469 e. The van der Waals surface area contributed by atoms with Gasteiger partial charge < -0.3 is 15.1 Å². The summed E-state index contributed by atoms with van der Waals surface area (Å²) in [5, 5.41) is 11.9. The monoisotopic (exact) mass is 555 g/mol. The Kier molecular flexibility index (Phi) is 9.39. The molecule has 2 aliphatic rings. The Bertz CT molecular complexity index is 849. The third kappa shape index (κ3) is 6.46. The predicted octanol–water partition coefficient (Wildman–Crippen LogP) is 3.19. The number of aryl methyl sites for hydroxylation is 1. The van der Waals surface area contributed by atoms with Crippen LogP contribution in [0.4, 0.5) is 0 Å². The highest BCUT2D eigenvalue weighted by molar-refractivity contribution is 14.0. The fourth-order valence-electron chi connectivity index (χ4n) is 4.51. The highest BCUT2D eigenvalue weighted by Crippen LogP contribution is 2.18. The summed E-state index contributed by atoms with van der Waals surface area (Å²) >= 11 is 0. The van der Waals surface area contributed by atoms with E-state index in [2.05, 4.69) is 41.0 Å². The quantitative estimate of drug-likeness (QED) is 0.296. The van der Waals surface area contributed by atoms with Gasteiger partial charge in [-0.25, -0.2) is 9.67 Å². The number of likely N-dealkylation sites (N-methyl/N-ethyl adjacent to an activating group) is 1. The number of halogens is 1. The standard InChI is InChI=1S/C23H37N7O.HI/c1-4-29-13-5-7-19(29)15-25-23(24-12-11-20-8-6-14-31-20)26-18-9-10-21-27-22(17(2)3)28-30(21)16-18;/h6,8,14,17-19H,4-5,7,9-13,15-16H2,1-3H3,(H2,24,25,26);1H. The Balaban J connectivity index is 0.00000289. The first-order valence-corrected chi connectivity index (χ1v) is 11.9. The molecular formula is C23H38IN7O. The fraction of sp³-hybridized carbons (Fsp3) is 0.696. The number of likely N-dealkylation sites (tertiary alicyclic amines) is 1. The Morgan fingerprint density at radius 1 is 1.34 bits per heavy atom. The minimum atomic E-state index is 0. The lowest BCUT2D eigenvalue weighted by Gasteiger charge is -2.26. The van der Waals surface area contributed by atoms with Gasteiger partial charge in [0.15, 0.2) is 11.8 Å². The van der Waals surface area contributed by atoms with Gasteiger partial charge in [-0.3, -0.25) is 9.89 Å². The van der Waals surface area contributed by atoms with Crippen LogP contribution in [0.15, 0.2) is 27.8 Å². The van der Waals surface area contributed by atoms with Gasteiger partial charge in [0.1, 0.15) is 11.6 Å². The van der Waals surface area contributed by atoms with E-state index in [1.54, 1.807) is 6.26 Å². The number of nitrogens with zero attached hydrogens (tertiary/aromatic N) is 5. The van der Waals surface area contributed by atoms with Gasteiger partial charge in [0, 0.05) is 37.4 Å². The van der Waals surface area contributed by atoms with Crippen LogP contribution in [0.1, 0.15) is 63.4 Å². The molecular weight excluding hydrogens is 517 g/mol. The molecule has 178 valence electrons. The molecule has 9 heteroatoms. The molecule has 0 aromatic carbocycles. The van der Waals surface area contributed by atoms with E-state index in [1.807, 2.05) is 12.1 Å². The number of furan rings is 1. The molecule has 0 spiro atoms. The van der Waals surface area contributed by atoms with Gasteiger partial charge in [0.2, 0.25) is 0 Å². The van der Waals surface area contributed by atoms with Crippen molar-refractivity contribution in [2.24, 2.45) is 4.99 Å². The Hall–Kier alpha value is -1.62. The van der Waals surface area contributed by atoms with Crippen LogP contribution in [0.5, 0.6) is 0 Å². The minimum absolute atomic E-state index is 0. The van der Waals surface area contributed by atoms with Crippen molar-refractivity contribution in [2.75, 3.05) is 26.2 Å². The molecule has 0 amide bonds. The molecule has 0 aliphatic carbocycles. The van der Waals surface area contributed by atoms with Crippen LogP contribution in [-0.2, 0) is 19.4 Å². The summed E-state index contributed by atoms with van der Waals surface area (Å²) in [6.07, 6.45) is 7.07. The third-order valence-corrected chi connectivity index (χ3v) is 6.34. The van der Waals surface area contributed by atoms with Crippen LogP contribution in [0.25, 0.3) is 0 Å². The maximum absolute atomic E-state index is 5.47. The summed E-state index contributed by atoms with van der Waals surface area (Å²) in [6.45, 7) is 11.3. The van der Waals surface area contributed by atoms with Crippen molar-refractivity contribution in [1.29, 1.82) is 0 Å². The van der Waals surface area contributed by atoms with E-state index < -0.39 is 0 Å². The number of nitrogens with one attached hydrogen (secondary N) is 2. The summed E-state index contributed by atoms with van der Waals surface area (Å²) in [4.78, 5) is 12.2. The van der Waals surface area contributed by atoms with Crippen LogP contribution in [0.2, 0.25) is 0 Å². The van der Waals surface area contributed by atoms with Crippen molar-refractivity contribution < 1.29 is 4.42 Å². The van der Waals surface area contributed by atoms with E-state index >= 15 is 0 Å². The van der Waals surface area contributed by atoms with Gasteiger partial charge in [0.05, 0.1) is 19.4 Å². The van der Waals surface area contributed by atoms with Gasteiger partial charge in [0.25, 0.3) is 0 Å². The average molecular weight is 556 g/mol. The van der Waals surface area contributed by atoms with E-state index in [9.17, 15) is 0 Å². The number of aromatic nitrogens is 3. The first-order valence-electron chi connectivity index (χ1n) is 11.9. The zero-order chi connectivity index (χ0) is 21.6. The lowest BCUT2D eigenvalue weighted by atomic mass is 10.1. The summed E-state index contributed by atoms with van der Waals surface area (Å²) in [6, 6.07) is 4.81. The molecule has 0 radical (unpaired) electrons. The number of fused-ring (bicyclic) bond motifs is 1. The molecule has 32 heavy (non-hydrogen) atoms. The zero-order valence-corrected chi connectivity index (χ0v) is 21.9. The summed E-state index contributed by atoms with van der Waals surface area (Å²) in [5.41, 5.74) is 0. The lowest BCUT2D eigenvalue weighted by molar-refractivity contribution is 0.272. The average Bonchev–Trinajstić information content (AvgIpc) is 3.51. The van der Waals surface area contributed by atoms with Gasteiger partial charge in [-0.05, 0) is 44.5 Å². The van der Waals surface area contributed by atoms with Crippen molar-refractivity contribution >= 4 is 29.9 Å². The van der Waals surface area contributed by atoms with Crippen molar-refractivity contribution in [3.63, 3.8) is 0 Å². The van der Waals surface area contributed by atoms with Crippen LogP contribution < -0.4 is 10.6 Å². The smallest absolute Gasteiger partial charge is 0.191 e. The lowest BCUT2D eigenvalue weighted by Crippen LogP contribution is -2.48. The van der Waals surface area contributed by atoms with Crippen molar-refractivity contribution in [1.82, 2.24) is 30.3 Å². The molecule has 2 aliphatic heterocycles. The number of hydrogen-bond acceptors (Lipinski definition) is 5. The predicted molar refractivity (Wildman–Crippen MR) is 138 cm³/mol. The molecule has 2 unspecified atom stereocenters. The van der Waals surface area contributed by atoms with Gasteiger partial charge in [-0.15, -0.1) is 24.0 Å². The van der Waals surface area contributed by atoms with Gasteiger partial charge >= 0.3 is 0 Å². The van der Waals surface area contributed by atoms with Crippen molar-refractivity contribution in [2.45, 2.75) is 77.4 Å². The number of hydrogen-bond donors (Lipinski definition) is 2. The zero-order valence-electron chi connectivity index (χ0n) is 19.6. The molecule has 1 saturated heterocycles. The maximum atomic E-state index is 5.47. The number of aliphatic imine (C=N–C) groups is 1. The number of guanidine groups is 1. The second-order valence-electron chi connectivity index (χ2n) is 8.97. The molecule has 2 aromatic heterocycles. The first kappa shape index (κ1) is 25.0. The molecule has 8 nitrogen and oxygen atoms in total. The third-order valence-electron chi connectivity index (χ3n) is 6.34. The molecule has 4 heterocycles. The Morgan fingerprint density at radius 2 is 2.22 bits per heavy atom. The summed E-state index contributed by atoms with van der Waals surface area (Å²) in [7, 11) is 0. The van der Waals surface area contributed by atoms with Crippen LogP contribution in [-0.4, -0.2) is 63.9 Å². The Morgan fingerprint density at radius 3 is 2.97 bits per heavy atom. The summed E-state index contributed by atoms with van der Waals surface area (Å²) in [5.74, 6) is 4.30. The molecule has 0 bridgehead atoms. The second-order valence-corrected chi connectivity index (χ2v) is 8.97. The largest absolute Gasteiger partial charge is 0.469 e. The van der Waals surface area contributed by atoms with E-state index in [1.165, 1.54) is 19.4 Å². The SMILES string of the molecule is CCN1CCCC1CN=C(NCCc1ccco1)NC1CCc2nc(C(C)C)nn2C1.I. The molecule has 2 atom stereocenters. The fourth-order valence-corrected chi connectivity index (χ4v) is 4.51. The highest BCUT2D eigenvalue weighted by atomic mass is 127. The highest BCUT2D eigenvalue weighted by Gasteiger charge is 2.25. The van der Waals surface area contributed by atoms with E-state index in [0.717, 1.165) is 68.8 Å². The van der Waals surface area contributed by atoms with Crippen molar-refractivity contribution in [3.05, 3.63) is 35.8 Å². The molecule has 1 fully saturated rings. The van der Waals surface area contributed by atoms with Crippen molar-refractivity contribution in [3.8, 4) is 0 Å². The van der Waals surface area contributed by atoms with E-state index in [-0.39, 0.29) is 24.0 Å². The van der Waals surface area contributed by atoms with E-state index in [0.29, 0.717) is 18.0 Å². The first-order chi connectivity index (χ1) is 15.1. The van der Waals surface area contributed by atoms with Gasteiger partial charge in [-0.2, -0.15) is 5.10 Å². The van der Waals surface area contributed by atoms with Crippen LogP contribution in [0, 0.1) is 0 Å². The maximum Gasteiger partial charge on any atom is 0.191 e. The topological polar surface area (TPSA) is 83.5 Å². The second kappa shape index (κ2) is 12.0. The molecule has 2 aromatic rings. The van der Waals surface area contributed by atoms with E-state index in [4.69, 9.17) is 19.5 Å². The molecule has 0 saturated carbocycles. The number of rotatable bonds is 8. The summed E-state index contributed by atoms with van der Waals surface area (Å²) < 4.78 is 7.55. The Labute approximate surface area is 208 Å². The molecule has 4 rings (SSSR count). The normalized spacial score (nSPS) is 21.4. The molecule has 2 N–H and O–H groups in total. The van der Waals surface area contributed by atoms with Crippen LogP contribution in [0.3, 0.4) is 0 Å².